The van der Waals surface area contributed by atoms with Crippen LogP contribution in [-0.2, 0) is 11.2 Å². The SMILES string of the molecule is CC(Cc1ccc(Cl)cc1)C(=O)[O-]. The lowest BCUT2D eigenvalue weighted by Gasteiger charge is -2.11. The van der Waals surface area contributed by atoms with E-state index in [9.17, 15) is 9.90 Å². The molecule has 0 radical (unpaired) electrons. The minimum Gasteiger partial charge on any atom is -0.550 e. The first kappa shape index (κ1) is 10.1. The van der Waals surface area contributed by atoms with Gasteiger partial charge in [-0.3, -0.25) is 0 Å². The van der Waals surface area contributed by atoms with Crippen molar-refractivity contribution in [3.63, 3.8) is 0 Å². The molecule has 1 aromatic rings. The summed E-state index contributed by atoms with van der Waals surface area (Å²) in [5.74, 6) is -1.48. The first-order valence-electron chi connectivity index (χ1n) is 4.05. The van der Waals surface area contributed by atoms with Crippen LogP contribution in [0.5, 0.6) is 0 Å². The number of carboxylic acid groups (broad SMARTS) is 1. The van der Waals surface area contributed by atoms with Gasteiger partial charge in [0.15, 0.2) is 0 Å². The van der Waals surface area contributed by atoms with Crippen LogP contribution in [0.2, 0.25) is 5.02 Å². The number of hydrogen-bond acceptors (Lipinski definition) is 2. The Morgan fingerprint density at radius 2 is 2.00 bits per heavy atom. The summed E-state index contributed by atoms with van der Waals surface area (Å²) in [6, 6.07) is 7.14. The summed E-state index contributed by atoms with van der Waals surface area (Å²) in [7, 11) is 0. The monoisotopic (exact) mass is 197 g/mol. The highest BCUT2D eigenvalue weighted by Gasteiger charge is 2.03. The van der Waals surface area contributed by atoms with E-state index in [2.05, 4.69) is 0 Å². The Labute approximate surface area is 82.2 Å². The number of rotatable bonds is 3. The number of carbonyl (C=O) groups is 1. The van der Waals surface area contributed by atoms with Crippen molar-refractivity contribution >= 4 is 17.6 Å². The molecule has 0 bridgehead atoms. The fraction of sp³-hybridized carbons (Fsp3) is 0.300. The zero-order valence-electron chi connectivity index (χ0n) is 7.29. The molecule has 13 heavy (non-hydrogen) atoms. The molecule has 0 N–H and O–H groups in total. The van der Waals surface area contributed by atoms with E-state index in [1.165, 1.54) is 0 Å². The van der Waals surface area contributed by atoms with Gasteiger partial charge in [0.05, 0.1) is 0 Å². The van der Waals surface area contributed by atoms with Crippen molar-refractivity contribution in [2.75, 3.05) is 0 Å². The number of hydrogen-bond donors (Lipinski definition) is 0. The van der Waals surface area contributed by atoms with Crippen molar-refractivity contribution in [2.45, 2.75) is 13.3 Å². The molecule has 1 atom stereocenters. The summed E-state index contributed by atoms with van der Waals surface area (Å²) in [6.07, 6.45) is 0.486. The second-order valence-electron chi connectivity index (χ2n) is 3.05. The Morgan fingerprint density at radius 1 is 1.46 bits per heavy atom. The van der Waals surface area contributed by atoms with Crippen molar-refractivity contribution < 1.29 is 9.90 Å². The maximum atomic E-state index is 10.4. The molecular weight excluding hydrogens is 188 g/mol. The summed E-state index contributed by atoms with van der Waals surface area (Å²) in [5.41, 5.74) is 0.959. The molecule has 0 heterocycles. The Bertz CT molecular complexity index is 292. The van der Waals surface area contributed by atoms with E-state index in [1.54, 1.807) is 19.1 Å². The standard InChI is InChI=1S/C10H11ClO2/c1-7(10(12)13)6-8-2-4-9(11)5-3-8/h2-5,7H,6H2,1H3,(H,12,13)/p-1. The highest BCUT2D eigenvalue weighted by atomic mass is 35.5. The van der Waals surface area contributed by atoms with Crippen molar-refractivity contribution in [2.24, 2.45) is 5.92 Å². The third-order valence-corrected chi connectivity index (χ3v) is 2.11. The van der Waals surface area contributed by atoms with Crippen LogP contribution in [-0.4, -0.2) is 5.97 Å². The van der Waals surface area contributed by atoms with Crippen LogP contribution in [0.25, 0.3) is 0 Å². The van der Waals surface area contributed by atoms with Gasteiger partial charge in [-0.25, -0.2) is 0 Å². The maximum Gasteiger partial charge on any atom is 0.0445 e. The van der Waals surface area contributed by atoms with E-state index in [0.29, 0.717) is 11.4 Å². The lowest BCUT2D eigenvalue weighted by Crippen LogP contribution is -2.30. The fourth-order valence-electron chi connectivity index (χ4n) is 1.06. The predicted molar refractivity (Wildman–Crippen MR) is 49.3 cm³/mol. The second kappa shape index (κ2) is 4.28. The third kappa shape index (κ3) is 3.07. The Kier molecular flexibility index (Phi) is 3.32. The maximum absolute atomic E-state index is 10.4. The van der Waals surface area contributed by atoms with Gasteiger partial charge < -0.3 is 9.90 Å². The molecule has 1 rings (SSSR count). The molecule has 1 aromatic carbocycles. The minimum atomic E-state index is -1.02. The molecule has 0 aliphatic carbocycles. The zero-order valence-corrected chi connectivity index (χ0v) is 8.04. The molecule has 70 valence electrons. The first-order chi connectivity index (χ1) is 6.09. The molecule has 0 aromatic heterocycles. The molecule has 0 fully saturated rings. The van der Waals surface area contributed by atoms with Gasteiger partial charge in [-0.1, -0.05) is 30.7 Å². The summed E-state index contributed by atoms with van der Waals surface area (Å²) in [5, 5.41) is 11.1. The molecule has 0 saturated carbocycles. The van der Waals surface area contributed by atoms with E-state index in [4.69, 9.17) is 11.6 Å². The fourth-order valence-corrected chi connectivity index (χ4v) is 1.18. The van der Waals surface area contributed by atoms with E-state index in [0.717, 1.165) is 5.56 Å². The van der Waals surface area contributed by atoms with Gasteiger partial charge in [0.25, 0.3) is 0 Å². The number of carbonyl (C=O) groups excluding carboxylic acids is 1. The molecule has 2 nitrogen and oxygen atoms in total. The molecule has 0 saturated heterocycles. The van der Waals surface area contributed by atoms with Crippen LogP contribution in [0, 0.1) is 5.92 Å². The number of carboxylic acids is 1. The molecule has 3 heteroatoms. The normalized spacial score (nSPS) is 12.5. The third-order valence-electron chi connectivity index (χ3n) is 1.86. The molecule has 1 unspecified atom stereocenters. The highest BCUT2D eigenvalue weighted by Crippen LogP contribution is 2.12. The Morgan fingerprint density at radius 3 is 2.46 bits per heavy atom. The number of halogens is 1. The Balaban J connectivity index is 2.64. The van der Waals surface area contributed by atoms with Gasteiger partial charge in [0, 0.05) is 11.0 Å². The van der Waals surface area contributed by atoms with Gasteiger partial charge in [-0.05, 0) is 30.0 Å². The van der Waals surface area contributed by atoms with Crippen LogP contribution in [0.1, 0.15) is 12.5 Å². The quantitative estimate of drug-likeness (QED) is 0.732. The second-order valence-corrected chi connectivity index (χ2v) is 3.49. The van der Waals surface area contributed by atoms with Crippen LogP contribution >= 0.6 is 11.6 Å². The van der Waals surface area contributed by atoms with Crippen molar-refractivity contribution in [3.05, 3.63) is 34.9 Å². The predicted octanol–water partition coefficient (Wildman–Crippen LogP) is 1.27. The molecule has 0 aliphatic rings. The lowest BCUT2D eigenvalue weighted by molar-refractivity contribution is -0.310. The number of benzene rings is 1. The van der Waals surface area contributed by atoms with Gasteiger partial charge in [0.1, 0.15) is 0 Å². The minimum absolute atomic E-state index is 0.457. The van der Waals surface area contributed by atoms with Crippen LogP contribution < -0.4 is 5.11 Å². The van der Waals surface area contributed by atoms with Gasteiger partial charge >= 0.3 is 0 Å². The Hall–Kier alpha value is -1.02. The van der Waals surface area contributed by atoms with Crippen molar-refractivity contribution in [1.82, 2.24) is 0 Å². The molecule has 0 aliphatic heterocycles. The summed E-state index contributed by atoms with van der Waals surface area (Å²) in [4.78, 5) is 10.4. The summed E-state index contributed by atoms with van der Waals surface area (Å²) in [6.45, 7) is 1.63. The highest BCUT2D eigenvalue weighted by molar-refractivity contribution is 6.30. The molecule has 0 amide bonds. The summed E-state index contributed by atoms with van der Waals surface area (Å²) < 4.78 is 0. The summed E-state index contributed by atoms with van der Waals surface area (Å²) >= 11 is 5.68. The average molecular weight is 198 g/mol. The molecule has 0 spiro atoms. The van der Waals surface area contributed by atoms with Gasteiger partial charge in [-0.2, -0.15) is 0 Å². The molecular formula is C10H10ClO2-. The van der Waals surface area contributed by atoms with E-state index >= 15 is 0 Å². The first-order valence-corrected chi connectivity index (χ1v) is 4.42. The number of aliphatic carboxylic acids is 1. The van der Waals surface area contributed by atoms with Crippen LogP contribution in [0.3, 0.4) is 0 Å². The van der Waals surface area contributed by atoms with Gasteiger partial charge in [0.2, 0.25) is 0 Å². The van der Waals surface area contributed by atoms with Crippen LogP contribution in [0.4, 0.5) is 0 Å². The average Bonchev–Trinajstić information content (AvgIpc) is 2.08. The van der Waals surface area contributed by atoms with Crippen LogP contribution in [0.15, 0.2) is 24.3 Å². The largest absolute Gasteiger partial charge is 0.550 e. The van der Waals surface area contributed by atoms with E-state index in [1.807, 2.05) is 12.1 Å². The topological polar surface area (TPSA) is 40.1 Å². The zero-order chi connectivity index (χ0) is 9.84. The van der Waals surface area contributed by atoms with Crippen molar-refractivity contribution in [1.29, 1.82) is 0 Å². The van der Waals surface area contributed by atoms with E-state index < -0.39 is 11.9 Å². The van der Waals surface area contributed by atoms with Crippen molar-refractivity contribution in [3.8, 4) is 0 Å². The lowest BCUT2D eigenvalue weighted by atomic mass is 10.0. The van der Waals surface area contributed by atoms with Gasteiger partial charge in [-0.15, -0.1) is 0 Å². The smallest absolute Gasteiger partial charge is 0.0445 e. The van der Waals surface area contributed by atoms with E-state index in [-0.39, 0.29) is 0 Å².